The van der Waals surface area contributed by atoms with Gasteiger partial charge in [0.25, 0.3) is 10.0 Å². The van der Waals surface area contributed by atoms with Crippen molar-refractivity contribution in [3.05, 3.63) is 53.4 Å². The average Bonchev–Trinajstić information content (AvgIpc) is 3.65. The Morgan fingerprint density at radius 2 is 1.91 bits per heavy atom. The van der Waals surface area contributed by atoms with Crippen molar-refractivity contribution in [1.29, 1.82) is 0 Å². The fourth-order valence-electron chi connectivity index (χ4n) is 4.81. The van der Waals surface area contributed by atoms with Gasteiger partial charge in [-0.2, -0.15) is 4.37 Å². The zero-order valence-corrected chi connectivity index (χ0v) is 26.7. The molecule has 234 valence electrons. The van der Waals surface area contributed by atoms with Crippen molar-refractivity contribution in [3.8, 4) is 11.5 Å². The lowest BCUT2D eigenvalue weighted by Crippen LogP contribution is -2.39. The number of aromatic nitrogens is 2. The standard InChI is InChI=1S/C28H35F2N5O6S2/c1-17-22(33(5)19-10-11-34(15-19)27(36)41-28(2,3)4)13-21(29)25(24(17)30)43(37,38)35(26-31-16-32-42-26)14-18-8-9-20(39-6)12-23(18)40-7/h8-9,12-13,16,19H,10-11,14-15H2,1-7H3. The summed E-state index contributed by atoms with van der Waals surface area (Å²) in [6.45, 7) is 7.06. The van der Waals surface area contributed by atoms with E-state index in [-0.39, 0.29) is 35.5 Å². The minimum absolute atomic E-state index is 0.0579. The number of hydrogen-bond acceptors (Lipinski definition) is 10. The molecular formula is C28H35F2N5O6S2. The van der Waals surface area contributed by atoms with Crippen LogP contribution in [-0.4, -0.2) is 74.8 Å². The molecule has 1 fully saturated rings. The normalized spacial score (nSPS) is 15.4. The van der Waals surface area contributed by atoms with E-state index >= 15 is 8.78 Å². The molecule has 1 atom stereocenters. The predicted octanol–water partition coefficient (Wildman–Crippen LogP) is 4.98. The van der Waals surface area contributed by atoms with Crippen LogP contribution in [0.4, 0.5) is 24.4 Å². The highest BCUT2D eigenvalue weighted by atomic mass is 32.2. The van der Waals surface area contributed by atoms with Gasteiger partial charge in [0.15, 0.2) is 10.7 Å². The minimum Gasteiger partial charge on any atom is -0.497 e. The Hall–Kier alpha value is -3.72. The number of carbonyl (C=O) groups excluding carboxylic acids is 1. The Morgan fingerprint density at radius 1 is 1.19 bits per heavy atom. The number of ether oxygens (including phenoxy) is 3. The summed E-state index contributed by atoms with van der Waals surface area (Å²) in [5, 5.41) is -0.0799. The van der Waals surface area contributed by atoms with Gasteiger partial charge < -0.3 is 24.0 Å². The van der Waals surface area contributed by atoms with E-state index in [1.165, 1.54) is 21.1 Å². The Bertz CT molecular complexity index is 1580. The van der Waals surface area contributed by atoms with Gasteiger partial charge in [-0.05, 0) is 52.3 Å². The van der Waals surface area contributed by atoms with Crippen LogP contribution in [0.25, 0.3) is 0 Å². The third-order valence-electron chi connectivity index (χ3n) is 7.06. The molecule has 2 aromatic carbocycles. The van der Waals surface area contributed by atoms with Gasteiger partial charge in [-0.1, -0.05) is 0 Å². The molecule has 1 aliphatic rings. The lowest BCUT2D eigenvalue weighted by molar-refractivity contribution is 0.0292. The quantitative estimate of drug-likeness (QED) is 0.320. The topological polar surface area (TPSA) is 114 Å². The van der Waals surface area contributed by atoms with Gasteiger partial charge in [-0.3, -0.25) is 0 Å². The molecule has 43 heavy (non-hydrogen) atoms. The number of likely N-dealkylation sites (N-methyl/N-ethyl adjacent to an activating group) is 1. The summed E-state index contributed by atoms with van der Waals surface area (Å²) in [5.74, 6) is -1.69. The van der Waals surface area contributed by atoms with Gasteiger partial charge in [-0.25, -0.2) is 31.3 Å². The number of rotatable bonds is 9. The highest BCUT2D eigenvalue weighted by Crippen LogP contribution is 2.37. The maximum Gasteiger partial charge on any atom is 0.410 e. The number of anilines is 2. The van der Waals surface area contributed by atoms with Gasteiger partial charge in [0.2, 0.25) is 5.13 Å². The van der Waals surface area contributed by atoms with Crippen molar-refractivity contribution < 1.29 is 36.2 Å². The first-order valence-corrected chi connectivity index (χ1v) is 15.6. The second-order valence-corrected chi connectivity index (χ2v) is 13.6. The number of methoxy groups -OCH3 is 2. The third-order valence-corrected chi connectivity index (χ3v) is 9.63. The number of halogens is 2. The Balaban J connectivity index is 1.67. The van der Waals surface area contributed by atoms with E-state index in [1.807, 2.05) is 0 Å². The van der Waals surface area contributed by atoms with Crippen LogP contribution in [0.1, 0.15) is 38.3 Å². The molecule has 0 radical (unpaired) electrons. The zero-order valence-electron chi connectivity index (χ0n) is 25.1. The fraction of sp³-hybridized carbons (Fsp3) is 0.464. The van der Waals surface area contributed by atoms with E-state index in [4.69, 9.17) is 14.2 Å². The second-order valence-electron chi connectivity index (χ2n) is 11.0. The SMILES string of the molecule is COc1ccc(CN(c2ncns2)S(=O)(=O)c2c(F)cc(N(C)C3CCN(C(=O)OC(C)(C)C)C3)c(C)c2F)c(OC)c1. The number of likely N-dealkylation sites (tertiary alicyclic amines) is 1. The van der Waals surface area contributed by atoms with Crippen molar-refractivity contribution in [1.82, 2.24) is 14.3 Å². The molecule has 1 amide bonds. The molecule has 11 nitrogen and oxygen atoms in total. The number of benzene rings is 2. The first kappa shape index (κ1) is 32.2. The molecule has 2 heterocycles. The van der Waals surface area contributed by atoms with Gasteiger partial charge in [0.1, 0.15) is 29.2 Å². The Morgan fingerprint density at radius 3 is 2.51 bits per heavy atom. The smallest absolute Gasteiger partial charge is 0.410 e. The molecule has 0 bridgehead atoms. The van der Waals surface area contributed by atoms with Crippen LogP contribution in [0.15, 0.2) is 35.5 Å². The molecule has 0 N–H and O–H groups in total. The van der Waals surface area contributed by atoms with Crippen molar-refractivity contribution in [2.24, 2.45) is 0 Å². The summed E-state index contributed by atoms with van der Waals surface area (Å²) in [7, 11) is -0.283. The van der Waals surface area contributed by atoms with E-state index in [0.717, 1.165) is 28.2 Å². The van der Waals surface area contributed by atoms with E-state index in [0.29, 0.717) is 30.0 Å². The zero-order chi connectivity index (χ0) is 31.7. The van der Waals surface area contributed by atoms with E-state index < -0.39 is 38.2 Å². The largest absolute Gasteiger partial charge is 0.497 e. The van der Waals surface area contributed by atoms with E-state index in [1.54, 1.807) is 55.8 Å². The van der Waals surface area contributed by atoms with Crippen molar-refractivity contribution >= 4 is 38.5 Å². The highest BCUT2D eigenvalue weighted by molar-refractivity contribution is 7.93. The monoisotopic (exact) mass is 639 g/mol. The molecule has 1 unspecified atom stereocenters. The summed E-state index contributed by atoms with van der Waals surface area (Å²) in [5.41, 5.74) is -0.139. The van der Waals surface area contributed by atoms with Crippen molar-refractivity contribution in [2.45, 2.75) is 57.2 Å². The van der Waals surface area contributed by atoms with Gasteiger partial charge >= 0.3 is 6.09 Å². The maximum atomic E-state index is 16.0. The summed E-state index contributed by atoms with van der Waals surface area (Å²) in [6.07, 6.45) is 1.23. The molecule has 1 aromatic heterocycles. The molecular weight excluding hydrogens is 604 g/mol. The first-order valence-electron chi connectivity index (χ1n) is 13.4. The average molecular weight is 640 g/mol. The summed E-state index contributed by atoms with van der Waals surface area (Å²) < 4.78 is 80.5. The molecule has 1 aliphatic heterocycles. The first-order chi connectivity index (χ1) is 20.2. The molecule has 1 saturated heterocycles. The summed E-state index contributed by atoms with van der Waals surface area (Å²) in [6, 6.07) is 5.52. The summed E-state index contributed by atoms with van der Waals surface area (Å²) >= 11 is 0.764. The number of hydrogen-bond donors (Lipinski definition) is 0. The van der Waals surface area contributed by atoms with Gasteiger partial charge in [-0.15, -0.1) is 0 Å². The van der Waals surface area contributed by atoms with Crippen LogP contribution in [-0.2, 0) is 21.3 Å². The number of carbonyl (C=O) groups is 1. The number of amides is 1. The molecule has 15 heteroatoms. The van der Waals surface area contributed by atoms with Gasteiger partial charge in [0, 0.05) is 60.6 Å². The fourth-order valence-corrected chi connectivity index (χ4v) is 7.11. The summed E-state index contributed by atoms with van der Waals surface area (Å²) in [4.78, 5) is 18.6. The Labute approximate surface area is 254 Å². The maximum absolute atomic E-state index is 16.0. The van der Waals surface area contributed by atoms with Crippen LogP contribution >= 0.6 is 11.5 Å². The van der Waals surface area contributed by atoms with Crippen LogP contribution in [0.5, 0.6) is 11.5 Å². The second kappa shape index (κ2) is 12.5. The van der Waals surface area contributed by atoms with E-state index in [2.05, 4.69) is 9.36 Å². The minimum atomic E-state index is -4.83. The molecule has 0 aliphatic carbocycles. The number of nitrogens with zero attached hydrogens (tertiary/aromatic N) is 5. The van der Waals surface area contributed by atoms with Crippen LogP contribution in [0.2, 0.25) is 0 Å². The highest BCUT2D eigenvalue weighted by Gasteiger charge is 2.37. The predicted molar refractivity (Wildman–Crippen MR) is 159 cm³/mol. The lowest BCUT2D eigenvalue weighted by atomic mass is 10.1. The van der Waals surface area contributed by atoms with E-state index in [9.17, 15) is 13.2 Å². The molecule has 3 aromatic rings. The molecule has 0 saturated carbocycles. The van der Waals surface area contributed by atoms with Crippen LogP contribution in [0, 0.1) is 18.6 Å². The third kappa shape index (κ3) is 6.77. The molecule has 4 rings (SSSR count). The van der Waals surface area contributed by atoms with Crippen molar-refractivity contribution in [3.63, 3.8) is 0 Å². The Kier molecular flexibility index (Phi) is 9.35. The molecule has 0 spiro atoms. The van der Waals surface area contributed by atoms with Crippen molar-refractivity contribution in [2.75, 3.05) is 43.6 Å². The van der Waals surface area contributed by atoms with Crippen LogP contribution in [0.3, 0.4) is 0 Å². The number of sulfonamides is 1. The van der Waals surface area contributed by atoms with Gasteiger partial charge in [0.05, 0.1) is 20.8 Å². The lowest BCUT2D eigenvalue weighted by Gasteiger charge is -2.30. The van der Waals surface area contributed by atoms with Crippen LogP contribution < -0.4 is 18.7 Å².